The Hall–Kier alpha value is -2.28. The molecule has 1 heterocycles. The lowest BCUT2D eigenvalue weighted by molar-refractivity contribution is -0.143. The SMILES string of the molecule is C/C(=C/C(=O)N1CCN(C(=O)C(C)O)CC1)c1ccc(F)cc1F. The molecule has 1 N–H and O–H groups in total. The van der Waals surface area contributed by atoms with E-state index in [2.05, 4.69) is 0 Å². The Morgan fingerprint density at radius 1 is 1.17 bits per heavy atom. The van der Waals surface area contributed by atoms with Gasteiger partial charge in [0, 0.05) is 43.9 Å². The third-order valence-electron chi connectivity index (χ3n) is 3.96. The Bertz CT molecular complexity index is 666. The Kier molecular flexibility index (Phi) is 5.66. The zero-order valence-electron chi connectivity index (χ0n) is 13.6. The summed E-state index contributed by atoms with van der Waals surface area (Å²) in [5, 5.41) is 9.30. The maximum absolute atomic E-state index is 13.7. The van der Waals surface area contributed by atoms with Gasteiger partial charge in [0.15, 0.2) is 0 Å². The second-order valence-electron chi connectivity index (χ2n) is 5.78. The summed E-state index contributed by atoms with van der Waals surface area (Å²) in [5.41, 5.74) is 0.577. The van der Waals surface area contributed by atoms with Crippen LogP contribution in [0.5, 0.6) is 0 Å². The number of carbonyl (C=O) groups is 2. The molecule has 5 nitrogen and oxygen atoms in total. The molecule has 0 aromatic heterocycles. The summed E-state index contributed by atoms with van der Waals surface area (Å²) in [6.07, 6.45) is 0.249. The average molecular weight is 338 g/mol. The lowest BCUT2D eigenvalue weighted by atomic mass is 10.1. The van der Waals surface area contributed by atoms with E-state index in [9.17, 15) is 23.5 Å². The zero-order valence-corrected chi connectivity index (χ0v) is 13.6. The summed E-state index contributed by atoms with van der Waals surface area (Å²) in [6.45, 7) is 4.35. The van der Waals surface area contributed by atoms with Crippen molar-refractivity contribution in [3.63, 3.8) is 0 Å². The van der Waals surface area contributed by atoms with E-state index in [4.69, 9.17) is 0 Å². The smallest absolute Gasteiger partial charge is 0.251 e. The van der Waals surface area contributed by atoms with Crippen LogP contribution in [0, 0.1) is 11.6 Å². The van der Waals surface area contributed by atoms with Gasteiger partial charge >= 0.3 is 0 Å². The van der Waals surface area contributed by atoms with Gasteiger partial charge in [0.25, 0.3) is 5.91 Å². The molecule has 0 aliphatic carbocycles. The number of aliphatic hydroxyl groups is 1. The lowest BCUT2D eigenvalue weighted by Crippen LogP contribution is -2.52. The third-order valence-corrected chi connectivity index (χ3v) is 3.96. The molecule has 1 atom stereocenters. The summed E-state index contributed by atoms with van der Waals surface area (Å²) < 4.78 is 26.7. The summed E-state index contributed by atoms with van der Waals surface area (Å²) in [6, 6.07) is 3.21. The highest BCUT2D eigenvalue weighted by atomic mass is 19.1. The van der Waals surface area contributed by atoms with Crippen LogP contribution in [-0.2, 0) is 9.59 Å². The van der Waals surface area contributed by atoms with E-state index in [1.807, 2.05) is 0 Å². The Morgan fingerprint density at radius 3 is 2.29 bits per heavy atom. The van der Waals surface area contributed by atoms with Crippen LogP contribution in [-0.4, -0.2) is 59.0 Å². The van der Waals surface area contributed by atoms with Crippen molar-refractivity contribution in [2.75, 3.05) is 26.2 Å². The summed E-state index contributed by atoms with van der Waals surface area (Å²) >= 11 is 0. The standard InChI is InChI=1S/C17H20F2N2O3/c1-11(14-4-3-13(18)10-15(14)19)9-16(23)20-5-7-21(8-6-20)17(24)12(2)22/h3-4,9-10,12,22H,5-8H2,1-2H3/b11-9-. The number of nitrogens with zero attached hydrogens (tertiary/aromatic N) is 2. The molecular weight excluding hydrogens is 318 g/mol. The van der Waals surface area contributed by atoms with E-state index >= 15 is 0 Å². The van der Waals surface area contributed by atoms with Crippen LogP contribution in [0.2, 0.25) is 0 Å². The van der Waals surface area contributed by atoms with Gasteiger partial charge in [-0.1, -0.05) is 0 Å². The molecule has 0 saturated carbocycles. The minimum absolute atomic E-state index is 0.174. The van der Waals surface area contributed by atoms with Crippen molar-refractivity contribution in [3.8, 4) is 0 Å². The molecule has 1 saturated heterocycles. The van der Waals surface area contributed by atoms with Gasteiger partial charge in [-0.15, -0.1) is 0 Å². The number of amides is 2. The van der Waals surface area contributed by atoms with E-state index in [1.165, 1.54) is 24.0 Å². The van der Waals surface area contributed by atoms with Gasteiger partial charge in [0.2, 0.25) is 5.91 Å². The molecule has 130 valence electrons. The fourth-order valence-electron chi connectivity index (χ4n) is 2.57. The Morgan fingerprint density at radius 2 is 1.75 bits per heavy atom. The highest BCUT2D eigenvalue weighted by molar-refractivity contribution is 5.95. The van der Waals surface area contributed by atoms with Gasteiger partial charge in [-0.25, -0.2) is 8.78 Å². The van der Waals surface area contributed by atoms with Crippen molar-refractivity contribution < 1.29 is 23.5 Å². The molecule has 7 heteroatoms. The molecule has 1 aromatic rings. The minimum Gasteiger partial charge on any atom is -0.384 e. The molecule has 1 aliphatic heterocycles. The van der Waals surface area contributed by atoms with Crippen LogP contribution in [0.15, 0.2) is 24.3 Å². The van der Waals surface area contributed by atoms with Crippen molar-refractivity contribution in [1.82, 2.24) is 9.80 Å². The van der Waals surface area contributed by atoms with Crippen LogP contribution in [0.1, 0.15) is 19.4 Å². The molecule has 0 radical (unpaired) electrons. The number of halogens is 2. The predicted molar refractivity (Wildman–Crippen MR) is 84.8 cm³/mol. The number of rotatable bonds is 3. The van der Waals surface area contributed by atoms with E-state index in [1.54, 1.807) is 11.8 Å². The maximum Gasteiger partial charge on any atom is 0.251 e. The molecule has 1 fully saturated rings. The molecule has 1 unspecified atom stereocenters. The largest absolute Gasteiger partial charge is 0.384 e. The summed E-state index contributed by atoms with van der Waals surface area (Å²) in [4.78, 5) is 27.0. The molecule has 24 heavy (non-hydrogen) atoms. The minimum atomic E-state index is -1.06. The molecule has 1 aliphatic rings. The predicted octanol–water partition coefficient (Wildman–Crippen LogP) is 1.42. The van der Waals surface area contributed by atoms with Gasteiger partial charge < -0.3 is 14.9 Å². The number of allylic oxidation sites excluding steroid dienone is 1. The van der Waals surface area contributed by atoms with Crippen molar-refractivity contribution in [3.05, 3.63) is 41.5 Å². The van der Waals surface area contributed by atoms with Crippen LogP contribution in [0.3, 0.4) is 0 Å². The first-order chi connectivity index (χ1) is 11.3. The van der Waals surface area contributed by atoms with E-state index < -0.39 is 17.7 Å². The third kappa shape index (κ3) is 4.17. The van der Waals surface area contributed by atoms with Gasteiger partial charge in [-0.2, -0.15) is 0 Å². The van der Waals surface area contributed by atoms with Crippen molar-refractivity contribution in [2.24, 2.45) is 0 Å². The highest BCUT2D eigenvalue weighted by Gasteiger charge is 2.25. The Labute approximate surface area is 139 Å². The number of aliphatic hydroxyl groups excluding tert-OH is 1. The quantitative estimate of drug-likeness (QED) is 0.848. The zero-order chi connectivity index (χ0) is 17.9. The normalized spacial score (nSPS) is 17.0. The highest BCUT2D eigenvalue weighted by Crippen LogP contribution is 2.19. The van der Waals surface area contributed by atoms with Crippen LogP contribution >= 0.6 is 0 Å². The second kappa shape index (κ2) is 7.53. The fraction of sp³-hybridized carbons (Fsp3) is 0.412. The molecule has 0 spiro atoms. The monoisotopic (exact) mass is 338 g/mol. The first-order valence-corrected chi connectivity index (χ1v) is 7.69. The fourth-order valence-corrected chi connectivity index (χ4v) is 2.57. The lowest BCUT2D eigenvalue weighted by Gasteiger charge is -2.34. The molecule has 2 amide bonds. The van der Waals surface area contributed by atoms with E-state index in [0.717, 1.165) is 12.1 Å². The number of hydrogen-bond acceptors (Lipinski definition) is 3. The molecule has 2 rings (SSSR count). The van der Waals surface area contributed by atoms with Crippen molar-refractivity contribution >= 4 is 17.4 Å². The average Bonchev–Trinajstić information content (AvgIpc) is 2.53. The van der Waals surface area contributed by atoms with Gasteiger partial charge in [-0.3, -0.25) is 9.59 Å². The van der Waals surface area contributed by atoms with E-state index in [0.29, 0.717) is 31.8 Å². The van der Waals surface area contributed by atoms with Crippen LogP contribution in [0.4, 0.5) is 8.78 Å². The van der Waals surface area contributed by atoms with Crippen LogP contribution < -0.4 is 0 Å². The maximum atomic E-state index is 13.7. The number of carbonyl (C=O) groups excluding carboxylic acids is 2. The van der Waals surface area contributed by atoms with Crippen molar-refractivity contribution in [1.29, 1.82) is 0 Å². The van der Waals surface area contributed by atoms with E-state index in [-0.39, 0.29) is 17.4 Å². The van der Waals surface area contributed by atoms with Gasteiger partial charge in [-0.05, 0) is 31.6 Å². The number of benzene rings is 1. The number of piperazine rings is 1. The second-order valence-corrected chi connectivity index (χ2v) is 5.78. The first-order valence-electron chi connectivity index (χ1n) is 7.69. The first kappa shape index (κ1) is 18.1. The van der Waals surface area contributed by atoms with Crippen molar-refractivity contribution in [2.45, 2.75) is 20.0 Å². The van der Waals surface area contributed by atoms with Gasteiger partial charge in [0.05, 0.1) is 0 Å². The molecular formula is C17H20F2N2O3. The molecule has 0 bridgehead atoms. The summed E-state index contributed by atoms with van der Waals surface area (Å²) in [5.74, 6) is -2.04. The summed E-state index contributed by atoms with van der Waals surface area (Å²) in [7, 11) is 0. The number of hydrogen-bond donors (Lipinski definition) is 1. The topological polar surface area (TPSA) is 60.9 Å². The molecule has 1 aromatic carbocycles. The Balaban J connectivity index is 2.01. The van der Waals surface area contributed by atoms with Gasteiger partial charge in [0.1, 0.15) is 17.7 Å². The van der Waals surface area contributed by atoms with Crippen LogP contribution in [0.25, 0.3) is 5.57 Å².